The summed E-state index contributed by atoms with van der Waals surface area (Å²) < 4.78 is 45.4. The van der Waals surface area contributed by atoms with Crippen molar-refractivity contribution in [3.8, 4) is 23.3 Å². The first-order chi connectivity index (χ1) is 20.6. The van der Waals surface area contributed by atoms with Gasteiger partial charge in [-0.25, -0.2) is 4.79 Å². The fourth-order valence-electron chi connectivity index (χ4n) is 4.18. The van der Waals surface area contributed by atoms with Crippen molar-refractivity contribution >= 4 is 20.1 Å². The second-order valence-electron chi connectivity index (χ2n) is 12.3. The van der Waals surface area contributed by atoms with Crippen LogP contribution in [0, 0.1) is 17.8 Å². The molecule has 1 saturated heterocycles. The molecular formula is C32H50O11Si. The van der Waals surface area contributed by atoms with Crippen LogP contribution in [-0.4, -0.2) is 102 Å². The number of benzene rings is 1. The molecule has 12 heteroatoms. The number of carbonyl (C=O) groups is 1. The Morgan fingerprint density at radius 2 is 1.70 bits per heavy atom. The number of hydrogen-bond acceptors (Lipinski definition) is 11. The molecule has 11 nitrogen and oxygen atoms in total. The fourth-order valence-corrected chi connectivity index (χ4v) is 4.89. The predicted molar refractivity (Wildman–Crippen MR) is 168 cm³/mol. The van der Waals surface area contributed by atoms with E-state index in [1.54, 1.807) is 52.0 Å². The zero-order chi connectivity index (χ0) is 33.1. The van der Waals surface area contributed by atoms with E-state index in [9.17, 15) is 15.0 Å². The molecule has 0 aromatic heterocycles. The van der Waals surface area contributed by atoms with Crippen LogP contribution in [0.1, 0.15) is 43.6 Å². The Hall–Kier alpha value is -2.47. The largest absolute Gasteiger partial charge is 0.497 e. The minimum absolute atomic E-state index is 0.0885. The maximum Gasteiger partial charge on any atom is 0.342 e. The Balaban J connectivity index is 2.54. The molecule has 0 bridgehead atoms. The van der Waals surface area contributed by atoms with Crippen LogP contribution in [-0.2, 0) is 28.4 Å². The molecule has 0 saturated carbocycles. The molecule has 1 aromatic carbocycles. The van der Waals surface area contributed by atoms with E-state index in [4.69, 9.17) is 37.9 Å². The van der Waals surface area contributed by atoms with Crippen LogP contribution in [0.2, 0.25) is 25.7 Å². The van der Waals surface area contributed by atoms with E-state index < -0.39 is 50.4 Å². The summed E-state index contributed by atoms with van der Waals surface area (Å²) in [4.78, 5) is 13.4. The minimum Gasteiger partial charge on any atom is -0.497 e. The van der Waals surface area contributed by atoms with Crippen molar-refractivity contribution in [2.24, 2.45) is 5.92 Å². The number of aliphatic hydroxyl groups is 2. The first-order valence-corrected chi connectivity index (χ1v) is 18.4. The molecule has 2 unspecified atom stereocenters. The second-order valence-corrected chi connectivity index (χ2v) is 17.9. The van der Waals surface area contributed by atoms with Gasteiger partial charge in [0, 0.05) is 34.3 Å². The normalized spacial score (nSPS) is 20.8. The average Bonchev–Trinajstić information content (AvgIpc) is 3.28. The van der Waals surface area contributed by atoms with E-state index in [-0.39, 0.29) is 37.4 Å². The summed E-state index contributed by atoms with van der Waals surface area (Å²) in [6.45, 7) is 13.6. The molecule has 1 fully saturated rings. The summed E-state index contributed by atoms with van der Waals surface area (Å²) in [7, 11) is 3.03. The van der Waals surface area contributed by atoms with Crippen molar-refractivity contribution < 1.29 is 52.9 Å². The van der Waals surface area contributed by atoms with Gasteiger partial charge in [-0.1, -0.05) is 43.6 Å². The molecule has 6 atom stereocenters. The summed E-state index contributed by atoms with van der Waals surface area (Å²) in [6, 6.07) is 4.09. The van der Waals surface area contributed by atoms with Crippen molar-refractivity contribution in [2.75, 3.05) is 41.5 Å². The number of ether oxygens (including phenoxy) is 8. The van der Waals surface area contributed by atoms with Crippen LogP contribution in [0.4, 0.5) is 0 Å². The van der Waals surface area contributed by atoms with E-state index in [1.165, 1.54) is 21.3 Å². The van der Waals surface area contributed by atoms with Gasteiger partial charge in [0.05, 0.1) is 19.8 Å². The van der Waals surface area contributed by atoms with Crippen LogP contribution < -0.4 is 9.47 Å². The zero-order valence-corrected chi connectivity index (χ0v) is 28.7. The number of hydrogen-bond donors (Lipinski definition) is 2. The molecule has 0 radical (unpaired) electrons. The Bertz CT molecular complexity index is 1150. The van der Waals surface area contributed by atoms with Gasteiger partial charge in [-0.05, 0) is 45.4 Å². The number of rotatable bonds is 16. The van der Waals surface area contributed by atoms with Gasteiger partial charge in [0.2, 0.25) is 0 Å². The summed E-state index contributed by atoms with van der Waals surface area (Å²) >= 11 is 0. The van der Waals surface area contributed by atoms with Crippen molar-refractivity contribution in [3.05, 3.63) is 29.3 Å². The second kappa shape index (κ2) is 17.3. The van der Waals surface area contributed by atoms with Gasteiger partial charge >= 0.3 is 5.97 Å². The lowest BCUT2D eigenvalue weighted by atomic mass is 9.99. The quantitative estimate of drug-likeness (QED) is 0.118. The van der Waals surface area contributed by atoms with Gasteiger partial charge in [0.1, 0.15) is 48.3 Å². The molecule has 2 rings (SSSR count). The van der Waals surface area contributed by atoms with Crippen LogP contribution in [0.3, 0.4) is 0 Å². The molecular weight excluding hydrogens is 588 g/mol. The summed E-state index contributed by atoms with van der Waals surface area (Å²) in [5.41, 5.74) is 0.638. The first kappa shape index (κ1) is 37.7. The van der Waals surface area contributed by atoms with Gasteiger partial charge in [0.15, 0.2) is 12.6 Å². The third-order valence-electron chi connectivity index (χ3n) is 6.79. The van der Waals surface area contributed by atoms with Gasteiger partial charge in [-0.3, -0.25) is 0 Å². The summed E-state index contributed by atoms with van der Waals surface area (Å²) in [5, 5.41) is 20.8. The lowest BCUT2D eigenvalue weighted by Gasteiger charge is -2.25. The maximum atomic E-state index is 13.4. The molecule has 248 valence electrons. The lowest BCUT2D eigenvalue weighted by molar-refractivity contribution is -0.164. The molecule has 1 aromatic rings. The maximum absolute atomic E-state index is 13.4. The topological polar surface area (TPSA) is 131 Å². The monoisotopic (exact) mass is 638 g/mol. The highest BCUT2D eigenvalue weighted by Crippen LogP contribution is 2.35. The standard InChI is InChI=1S/C32H50O11Si/c1-21(22(2)33)11-13-25(34)29-30(43-32(3,4)42-29)26(40-19-36-5)14-12-23-17-24(38-7)18-27(41-20-37-6)28(23)31(35)39-15-16-44(8,9)10/h12,14,17-18,21-22,25-26,29-30,33-34H,15-16,19-20H2,1-10H3/b14-12+/t21-,22+,25?,26?,29-,30+/m1/s1. The van der Waals surface area contributed by atoms with Gasteiger partial charge < -0.3 is 48.1 Å². The SMILES string of the molecule is COCOc1cc(OC)cc(/C=C/C(OCOC)[C@@H]2OC(C)(C)O[C@@H]2C(O)C#C[C@@H](C)[C@H](C)O)c1C(=O)OCC[Si](C)(C)C. The molecule has 2 N–H and O–H groups in total. The number of carbonyl (C=O) groups excluding carboxylic acids is 1. The van der Waals surface area contributed by atoms with Crippen LogP contribution in [0.5, 0.6) is 11.5 Å². The van der Waals surface area contributed by atoms with Crippen molar-refractivity contribution in [1.82, 2.24) is 0 Å². The van der Waals surface area contributed by atoms with Gasteiger partial charge in [-0.15, -0.1) is 0 Å². The zero-order valence-electron chi connectivity index (χ0n) is 27.7. The number of methoxy groups -OCH3 is 3. The van der Waals surface area contributed by atoms with Crippen molar-refractivity contribution in [3.63, 3.8) is 0 Å². The highest BCUT2D eigenvalue weighted by molar-refractivity contribution is 6.76. The molecule has 1 aliphatic heterocycles. The van der Waals surface area contributed by atoms with Crippen LogP contribution >= 0.6 is 0 Å². The van der Waals surface area contributed by atoms with E-state index >= 15 is 0 Å². The van der Waals surface area contributed by atoms with Crippen molar-refractivity contribution in [2.45, 2.75) is 89.7 Å². The van der Waals surface area contributed by atoms with E-state index in [2.05, 4.69) is 31.5 Å². The third kappa shape index (κ3) is 11.8. The molecule has 1 aliphatic rings. The summed E-state index contributed by atoms with van der Waals surface area (Å²) in [6.07, 6.45) is -1.07. The van der Waals surface area contributed by atoms with Crippen molar-refractivity contribution in [1.29, 1.82) is 0 Å². The molecule has 0 aliphatic carbocycles. The van der Waals surface area contributed by atoms with Gasteiger partial charge in [-0.2, -0.15) is 0 Å². The minimum atomic E-state index is -1.45. The van der Waals surface area contributed by atoms with E-state index in [0.29, 0.717) is 11.3 Å². The first-order valence-electron chi connectivity index (χ1n) is 14.6. The number of esters is 1. The summed E-state index contributed by atoms with van der Waals surface area (Å²) in [5.74, 6) is 4.37. The Morgan fingerprint density at radius 3 is 2.30 bits per heavy atom. The Morgan fingerprint density at radius 1 is 1.05 bits per heavy atom. The van der Waals surface area contributed by atoms with E-state index in [0.717, 1.165) is 6.04 Å². The Kier molecular flexibility index (Phi) is 14.8. The predicted octanol–water partition coefficient (Wildman–Crippen LogP) is 4.08. The molecule has 0 spiro atoms. The smallest absolute Gasteiger partial charge is 0.342 e. The molecule has 44 heavy (non-hydrogen) atoms. The number of aliphatic hydroxyl groups excluding tert-OH is 2. The molecule has 1 heterocycles. The van der Waals surface area contributed by atoms with Gasteiger partial charge in [0.25, 0.3) is 0 Å². The average molecular weight is 639 g/mol. The van der Waals surface area contributed by atoms with Crippen LogP contribution in [0.25, 0.3) is 6.08 Å². The highest BCUT2D eigenvalue weighted by Gasteiger charge is 2.48. The van der Waals surface area contributed by atoms with Crippen LogP contribution in [0.15, 0.2) is 18.2 Å². The molecule has 0 amide bonds. The third-order valence-corrected chi connectivity index (χ3v) is 8.49. The highest BCUT2D eigenvalue weighted by atomic mass is 28.3. The van der Waals surface area contributed by atoms with E-state index in [1.807, 2.05) is 0 Å². The fraction of sp³-hybridized carbons (Fsp3) is 0.656. The lowest BCUT2D eigenvalue weighted by Crippen LogP contribution is -2.42. The Labute approximate surface area is 262 Å².